The first-order chi connectivity index (χ1) is 39.2. The maximum Gasteiger partial charge on any atom is 0.416 e. The maximum absolute atomic E-state index is 13.9. The number of hydrogen-bond acceptors (Lipinski definition) is 12. The van der Waals surface area contributed by atoms with E-state index in [2.05, 4.69) is 49.2 Å². The molecule has 0 amide bonds. The Bertz CT molecular complexity index is 4460. The van der Waals surface area contributed by atoms with Crippen LogP contribution in [0.2, 0.25) is 0 Å². The summed E-state index contributed by atoms with van der Waals surface area (Å²) in [7, 11) is -0.452. The molecule has 0 N–H and O–H groups in total. The van der Waals surface area contributed by atoms with Crippen LogP contribution in [-0.4, -0.2) is 142 Å². The van der Waals surface area contributed by atoms with Crippen LogP contribution in [0.25, 0.3) is 49.4 Å². The summed E-state index contributed by atoms with van der Waals surface area (Å²) in [5.74, 6) is -0.384. The topological polar surface area (TPSA) is 180 Å². The van der Waals surface area contributed by atoms with Gasteiger partial charge in [-0.3, -0.25) is 14.0 Å². The van der Waals surface area contributed by atoms with Crippen LogP contribution in [0.1, 0.15) is 58.6 Å². The van der Waals surface area contributed by atoms with Gasteiger partial charge in [0, 0.05) is 118 Å². The SMILES string of the molecule is Cc1c(S(=O)(=O)n2cc(C3=CCN(C)CC3)c3cc(C(F)(F)F)ccc32)cnn1C.Cc1c(S(=O)(=O)n2cc(C3=CCN(C)CC3)c3cc(F)ccc32)cnn1C.Cc1nn(C)cc1S(=O)(=O)n1cc(C2=CCN(C)CC2)c2ccccc21. The molecule has 18 nitrogen and oxygen atoms in total. The number of para-hydroxylation sites is 1. The normalized spacial score (nSPS) is 16.2. The molecular formula is C58H64F4N12O6S3. The van der Waals surface area contributed by atoms with E-state index < -0.39 is 41.8 Å². The van der Waals surface area contributed by atoms with Gasteiger partial charge in [0.1, 0.15) is 20.5 Å². The largest absolute Gasteiger partial charge is 0.416 e. The monoisotopic (exact) mass is 1200 g/mol. The highest BCUT2D eigenvalue weighted by molar-refractivity contribution is 7.90. The van der Waals surface area contributed by atoms with Gasteiger partial charge in [-0.2, -0.15) is 28.5 Å². The zero-order valence-electron chi connectivity index (χ0n) is 47.4. The Morgan fingerprint density at radius 1 is 0.494 bits per heavy atom. The van der Waals surface area contributed by atoms with E-state index in [1.54, 1.807) is 60.5 Å². The van der Waals surface area contributed by atoms with Crippen molar-refractivity contribution in [1.29, 1.82) is 0 Å². The standard InChI is InChI=1S/C20H21F3N4O2S.C19H21FN4O2S.C19H22N4O2S/c1-13-19(11-24-26(13)3)30(28,29)27-12-17(14-6-8-25(2)9-7-14)16-10-15(20(21,22)23)4-5-18(16)27;1-13-19(11-21-23(13)3)27(25,26)24-12-17(14-6-8-22(2)9-7-14)16-10-15(20)4-5-18(16)24;1-14-19(13-22(3)20-14)26(24,25)23-12-17(15-8-10-21(2)11-9-15)16-6-4-5-7-18(16)23/h4-6,10-12H,7-9H2,1-3H3;4-6,10-12H,7-9H2,1-3H3;4-8,12-13H,9-11H2,1-3H3. The maximum atomic E-state index is 13.9. The van der Waals surface area contributed by atoms with E-state index in [0.29, 0.717) is 52.0 Å². The van der Waals surface area contributed by atoms with Crippen molar-refractivity contribution in [1.82, 2.24) is 56.0 Å². The molecule has 0 spiro atoms. The minimum absolute atomic E-state index is 0.0192. The number of hydrogen-bond donors (Lipinski definition) is 0. The Kier molecular flexibility index (Phi) is 15.8. The Balaban J connectivity index is 0.000000139. The second-order valence-electron chi connectivity index (χ2n) is 21.4. The Hall–Kier alpha value is -7.42. The van der Waals surface area contributed by atoms with Crippen molar-refractivity contribution >= 4 is 79.5 Å². The summed E-state index contributed by atoms with van der Waals surface area (Å²) in [5, 5.41) is 14.1. The first-order valence-electron chi connectivity index (χ1n) is 26.7. The molecule has 0 bridgehead atoms. The van der Waals surface area contributed by atoms with Crippen LogP contribution in [0.3, 0.4) is 0 Å². The summed E-state index contributed by atoms with van der Waals surface area (Å²) in [5.41, 5.74) is 7.44. The number of aryl methyl sites for hydroxylation is 4. The van der Waals surface area contributed by atoms with Crippen molar-refractivity contribution in [2.24, 2.45) is 21.1 Å². The number of alkyl halides is 3. The summed E-state index contributed by atoms with van der Waals surface area (Å²) in [4.78, 5) is 6.92. The van der Waals surface area contributed by atoms with Gasteiger partial charge in [0.2, 0.25) is 0 Å². The molecule has 6 aromatic heterocycles. The van der Waals surface area contributed by atoms with E-state index in [1.807, 2.05) is 44.4 Å². The number of nitrogens with zero attached hydrogens (tertiary/aromatic N) is 12. The Morgan fingerprint density at radius 3 is 1.30 bits per heavy atom. The van der Waals surface area contributed by atoms with Crippen LogP contribution in [0.4, 0.5) is 17.6 Å². The summed E-state index contributed by atoms with van der Waals surface area (Å²) in [6, 6.07) is 15.1. The van der Waals surface area contributed by atoms with Gasteiger partial charge in [0.05, 0.1) is 51.6 Å². The molecule has 9 aromatic rings. The molecule has 0 saturated heterocycles. The number of halogens is 4. The lowest BCUT2D eigenvalue weighted by Crippen LogP contribution is -2.23. The van der Waals surface area contributed by atoms with Crippen LogP contribution in [0.15, 0.2) is 131 Å². The fourth-order valence-electron chi connectivity index (χ4n) is 10.7. The summed E-state index contributed by atoms with van der Waals surface area (Å²) in [6.45, 7) is 9.97. The molecule has 3 aromatic carbocycles. The third-order valence-corrected chi connectivity index (χ3v) is 21.1. The first-order valence-corrected chi connectivity index (χ1v) is 31.0. The van der Waals surface area contributed by atoms with Crippen LogP contribution >= 0.6 is 0 Å². The van der Waals surface area contributed by atoms with Gasteiger partial charge in [-0.1, -0.05) is 36.4 Å². The van der Waals surface area contributed by atoms with Crippen molar-refractivity contribution in [3.63, 3.8) is 0 Å². The van der Waals surface area contributed by atoms with Crippen molar-refractivity contribution in [3.8, 4) is 0 Å². The second kappa shape index (κ2) is 22.3. The quantitative estimate of drug-likeness (QED) is 0.125. The van der Waals surface area contributed by atoms with Crippen LogP contribution < -0.4 is 0 Å². The Morgan fingerprint density at radius 2 is 0.904 bits per heavy atom. The average Bonchev–Trinajstić information content (AvgIpc) is 4.53. The number of fused-ring (bicyclic) bond motifs is 3. The van der Waals surface area contributed by atoms with Gasteiger partial charge >= 0.3 is 6.18 Å². The summed E-state index contributed by atoms with van der Waals surface area (Å²) in [6.07, 6.45) is 13.0. The molecule has 0 atom stereocenters. The van der Waals surface area contributed by atoms with Gasteiger partial charge in [-0.05, 0) is 120 Å². The van der Waals surface area contributed by atoms with Gasteiger partial charge in [-0.15, -0.1) is 0 Å². The van der Waals surface area contributed by atoms with Crippen LogP contribution in [0.5, 0.6) is 0 Å². The zero-order chi connectivity index (χ0) is 59.7. The van der Waals surface area contributed by atoms with Gasteiger partial charge < -0.3 is 14.7 Å². The molecule has 0 saturated carbocycles. The first kappa shape index (κ1) is 58.8. The smallest absolute Gasteiger partial charge is 0.302 e. The molecule has 0 aliphatic carbocycles. The molecule has 0 radical (unpaired) electrons. The lowest BCUT2D eigenvalue weighted by Gasteiger charge is -2.21. The van der Waals surface area contributed by atoms with Crippen LogP contribution in [0, 0.1) is 26.6 Å². The fraction of sp³-hybridized carbons (Fsp3) is 0.328. The summed E-state index contributed by atoms with van der Waals surface area (Å²) < 4.78 is 142. The minimum Gasteiger partial charge on any atom is -0.302 e. The molecule has 438 valence electrons. The zero-order valence-corrected chi connectivity index (χ0v) is 49.8. The van der Waals surface area contributed by atoms with Crippen molar-refractivity contribution in [3.05, 3.63) is 161 Å². The predicted molar refractivity (Wildman–Crippen MR) is 313 cm³/mol. The second-order valence-corrected chi connectivity index (χ2v) is 26.7. The lowest BCUT2D eigenvalue weighted by molar-refractivity contribution is -0.137. The van der Waals surface area contributed by atoms with Crippen molar-refractivity contribution < 1.29 is 42.8 Å². The van der Waals surface area contributed by atoms with E-state index in [9.17, 15) is 42.8 Å². The number of aromatic nitrogens is 9. The molecule has 9 heterocycles. The molecule has 0 unspecified atom stereocenters. The molecular weight excluding hydrogens is 1130 g/mol. The molecule has 0 fully saturated rings. The number of rotatable bonds is 9. The van der Waals surface area contributed by atoms with E-state index in [1.165, 1.54) is 70.4 Å². The molecule has 83 heavy (non-hydrogen) atoms. The number of benzene rings is 3. The van der Waals surface area contributed by atoms with Gasteiger partial charge in [-0.25, -0.2) is 41.6 Å². The van der Waals surface area contributed by atoms with Crippen LogP contribution in [-0.2, 0) is 57.4 Å². The van der Waals surface area contributed by atoms with E-state index in [-0.39, 0.29) is 31.4 Å². The highest BCUT2D eigenvalue weighted by Gasteiger charge is 2.34. The molecule has 12 rings (SSSR count). The third kappa shape index (κ3) is 11.2. The van der Waals surface area contributed by atoms with E-state index in [0.717, 1.165) is 89.3 Å². The van der Waals surface area contributed by atoms with Gasteiger partial charge in [0.25, 0.3) is 30.1 Å². The molecule has 25 heteroatoms. The lowest BCUT2D eigenvalue weighted by atomic mass is 9.98. The van der Waals surface area contributed by atoms with Gasteiger partial charge in [0.15, 0.2) is 0 Å². The van der Waals surface area contributed by atoms with E-state index in [4.69, 9.17) is 0 Å². The Labute approximate surface area is 479 Å². The highest BCUT2D eigenvalue weighted by Crippen LogP contribution is 2.39. The molecule has 3 aliphatic heterocycles. The fourth-order valence-corrected chi connectivity index (χ4v) is 15.4. The minimum atomic E-state index is -4.52. The van der Waals surface area contributed by atoms with Crippen molar-refractivity contribution in [2.75, 3.05) is 60.4 Å². The summed E-state index contributed by atoms with van der Waals surface area (Å²) >= 11 is 0. The predicted octanol–water partition coefficient (Wildman–Crippen LogP) is 9.08. The number of likely N-dealkylation sites (N-methyl/N-ethyl adjacent to an activating group) is 3. The highest BCUT2D eigenvalue weighted by atomic mass is 32.2. The van der Waals surface area contributed by atoms with E-state index >= 15 is 0 Å². The molecule has 3 aliphatic rings. The third-order valence-electron chi connectivity index (χ3n) is 15.7. The average molecular weight is 1200 g/mol. The van der Waals surface area contributed by atoms with Crippen molar-refractivity contribution in [2.45, 2.75) is 60.9 Å².